The monoisotopic (exact) mass is 355 g/mol. The molecule has 0 N–H and O–H groups in total. The number of anilines is 2. The Hall–Kier alpha value is -3.01. The topological polar surface area (TPSA) is 32.5 Å². The number of fused-ring (bicyclic) bond motifs is 8. The van der Waals surface area contributed by atoms with Gasteiger partial charge in [-0.3, -0.25) is 0 Å². The van der Waals surface area contributed by atoms with Crippen LogP contribution in [0.5, 0.6) is 0 Å². The highest BCUT2D eigenvalue weighted by atomic mass is 16.3. The van der Waals surface area contributed by atoms with Crippen LogP contribution in [0, 0.1) is 6.92 Å². The van der Waals surface area contributed by atoms with E-state index in [-0.39, 0.29) is 11.7 Å². The summed E-state index contributed by atoms with van der Waals surface area (Å²) in [5.41, 5.74) is 6.78. The summed E-state index contributed by atoms with van der Waals surface area (Å²) in [5, 5.41) is 2.22. The molecule has 0 radical (unpaired) electrons. The lowest BCUT2D eigenvalue weighted by Crippen LogP contribution is -2.47. The fourth-order valence-electron chi connectivity index (χ4n) is 5.26. The molecule has 134 valence electrons. The van der Waals surface area contributed by atoms with E-state index in [0.717, 1.165) is 22.9 Å². The Labute approximate surface area is 158 Å². The largest absolute Gasteiger partial charge is 0.436 e. The summed E-state index contributed by atoms with van der Waals surface area (Å²) in [7, 11) is 0. The summed E-state index contributed by atoms with van der Waals surface area (Å²) in [5.74, 6) is 0. The molecular formula is C23H21N3O. The Morgan fingerprint density at radius 2 is 1.93 bits per heavy atom. The van der Waals surface area contributed by atoms with Crippen molar-refractivity contribution >= 4 is 33.4 Å². The minimum atomic E-state index is -0.0680. The average molecular weight is 355 g/mol. The molecule has 2 aromatic carbocycles. The molecule has 4 heteroatoms. The van der Waals surface area contributed by atoms with Crippen molar-refractivity contribution in [3.63, 3.8) is 0 Å². The number of furan rings is 1. The molecule has 4 aromatic rings. The first-order valence-corrected chi connectivity index (χ1v) is 9.52. The molecule has 2 bridgehead atoms. The molecule has 1 unspecified atom stereocenters. The number of nitrogens with zero attached hydrogens (tertiary/aromatic N) is 3. The first-order chi connectivity index (χ1) is 13.1. The zero-order valence-electron chi connectivity index (χ0n) is 15.7. The van der Waals surface area contributed by atoms with Gasteiger partial charge in [-0.25, -0.2) is 4.98 Å². The lowest BCUT2D eigenvalue weighted by molar-refractivity contribution is 0.508. The minimum Gasteiger partial charge on any atom is -0.436 e. The van der Waals surface area contributed by atoms with Crippen LogP contribution < -0.4 is 9.80 Å². The third kappa shape index (κ3) is 1.71. The van der Waals surface area contributed by atoms with Crippen LogP contribution in [0.3, 0.4) is 0 Å². The van der Waals surface area contributed by atoms with Crippen LogP contribution >= 0.6 is 0 Å². The van der Waals surface area contributed by atoms with Crippen molar-refractivity contribution in [2.75, 3.05) is 16.3 Å². The van der Waals surface area contributed by atoms with Crippen LogP contribution in [0.2, 0.25) is 0 Å². The highest BCUT2D eigenvalue weighted by Crippen LogP contribution is 2.54. The van der Waals surface area contributed by atoms with Crippen LogP contribution in [-0.2, 0) is 5.54 Å². The summed E-state index contributed by atoms with van der Waals surface area (Å²) < 4.78 is 6.29. The van der Waals surface area contributed by atoms with Gasteiger partial charge >= 0.3 is 0 Å². The molecular weight excluding hydrogens is 334 g/mol. The normalized spacial score (nSPS) is 23.6. The standard InChI is InChI=1S/C23H21N3O/c1-14-10-11-16-17-7-6-12-24-22(17)27-21(16)20(14)26-15(2)25-13-23(26,3)18-8-4-5-9-19(18)25/h4-12,15H,13H2,1-3H3/t15-,23?/m0/s1. The van der Waals surface area contributed by atoms with Crippen molar-refractivity contribution in [2.24, 2.45) is 0 Å². The molecule has 4 heterocycles. The molecule has 4 nitrogen and oxygen atoms in total. The van der Waals surface area contributed by atoms with Crippen LogP contribution in [0.15, 0.2) is 59.1 Å². The summed E-state index contributed by atoms with van der Waals surface area (Å²) in [6, 6.07) is 17.2. The predicted octanol–water partition coefficient (Wildman–Crippen LogP) is 5.19. The molecule has 6 rings (SSSR count). The Kier molecular flexibility index (Phi) is 2.70. The minimum absolute atomic E-state index is 0.0680. The maximum Gasteiger partial charge on any atom is 0.227 e. The lowest BCUT2D eigenvalue weighted by atomic mass is 9.90. The third-order valence-corrected chi connectivity index (χ3v) is 6.46. The zero-order valence-corrected chi connectivity index (χ0v) is 15.7. The van der Waals surface area contributed by atoms with E-state index in [0.29, 0.717) is 5.71 Å². The van der Waals surface area contributed by atoms with Crippen LogP contribution in [-0.4, -0.2) is 17.7 Å². The van der Waals surface area contributed by atoms with Crippen molar-refractivity contribution in [3.05, 3.63) is 65.9 Å². The van der Waals surface area contributed by atoms with Gasteiger partial charge < -0.3 is 14.2 Å². The number of pyridine rings is 1. The zero-order chi connectivity index (χ0) is 18.3. The van der Waals surface area contributed by atoms with E-state index < -0.39 is 0 Å². The molecule has 0 aliphatic carbocycles. The number of para-hydroxylation sites is 1. The van der Waals surface area contributed by atoms with Crippen LogP contribution in [0.25, 0.3) is 22.1 Å². The summed E-state index contributed by atoms with van der Waals surface area (Å²) in [4.78, 5) is 9.50. The van der Waals surface area contributed by atoms with Gasteiger partial charge in [-0.05, 0) is 44.5 Å². The van der Waals surface area contributed by atoms with E-state index in [1.165, 1.54) is 22.5 Å². The average Bonchev–Trinajstić information content (AvgIpc) is 3.28. The van der Waals surface area contributed by atoms with Gasteiger partial charge in [0.1, 0.15) is 0 Å². The Morgan fingerprint density at radius 1 is 1.07 bits per heavy atom. The van der Waals surface area contributed by atoms with Crippen LogP contribution in [0.4, 0.5) is 11.4 Å². The number of aryl methyl sites for hydroxylation is 1. The van der Waals surface area contributed by atoms with Gasteiger partial charge in [-0.15, -0.1) is 0 Å². The maximum atomic E-state index is 6.29. The third-order valence-electron chi connectivity index (χ3n) is 6.46. The second-order valence-corrected chi connectivity index (χ2v) is 7.99. The van der Waals surface area contributed by atoms with Crippen molar-refractivity contribution in [1.29, 1.82) is 0 Å². The van der Waals surface area contributed by atoms with Gasteiger partial charge in [-0.1, -0.05) is 30.3 Å². The highest BCUT2D eigenvalue weighted by molar-refractivity contribution is 6.09. The van der Waals surface area contributed by atoms with Crippen molar-refractivity contribution in [2.45, 2.75) is 32.5 Å². The van der Waals surface area contributed by atoms with Gasteiger partial charge in [0.15, 0.2) is 5.58 Å². The van der Waals surface area contributed by atoms with Crippen LogP contribution in [0.1, 0.15) is 25.0 Å². The maximum absolute atomic E-state index is 6.29. The molecule has 2 aliphatic heterocycles. The van der Waals surface area contributed by atoms with Crippen molar-refractivity contribution in [3.8, 4) is 0 Å². The number of hydrogen-bond acceptors (Lipinski definition) is 4. The second-order valence-electron chi connectivity index (χ2n) is 7.99. The smallest absolute Gasteiger partial charge is 0.227 e. The molecule has 0 spiro atoms. The molecule has 0 saturated carbocycles. The number of hydrogen-bond donors (Lipinski definition) is 0. The van der Waals surface area contributed by atoms with Gasteiger partial charge in [0.2, 0.25) is 5.71 Å². The van der Waals surface area contributed by atoms with Gasteiger partial charge in [0, 0.05) is 34.8 Å². The Bertz CT molecular complexity index is 1230. The fraction of sp³-hybridized carbons (Fsp3) is 0.261. The van der Waals surface area contributed by atoms with E-state index in [1.54, 1.807) is 6.20 Å². The molecule has 1 fully saturated rings. The molecule has 2 aliphatic rings. The Morgan fingerprint density at radius 3 is 2.81 bits per heavy atom. The van der Waals surface area contributed by atoms with Gasteiger partial charge in [0.25, 0.3) is 0 Å². The van der Waals surface area contributed by atoms with Gasteiger partial charge in [0.05, 0.1) is 17.4 Å². The highest BCUT2D eigenvalue weighted by Gasteiger charge is 2.54. The van der Waals surface area contributed by atoms with Gasteiger partial charge in [-0.2, -0.15) is 0 Å². The van der Waals surface area contributed by atoms with E-state index in [9.17, 15) is 0 Å². The number of aromatic nitrogens is 1. The lowest BCUT2D eigenvalue weighted by Gasteiger charge is -2.43. The number of benzene rings is 2. The van der Waals surface area contributed by atoms with Crippen molar-refractivity contribution < 1.29 is 4.42 Å². The Balaban J connectivity index is 1.66. The molecule has 27 heavy (non-hydrogen) atoms. The van der Waals surface area contributed by atoms with Crippen molar-refractivity contribution in [1.82, 2.24) is 4.98 Å². The molecule has 2 atom stereocenters. The van der Waals surface area contributed by atoms with E-state index >= 15 is 0 Å². The summed E-state index contributed by atoms with van der Waals surface area (Å²) >= 11 is 0. The van der Waals surface area contributed by atoms with E-state index in [1.807, 2.05) is 6.07 Å². The fourth-order valence-corrected chi connectivity index (χ4v) is 5.26. The van der Waals surface area contributed by atoms with E-state index in [2.05, 4.69) is 78.0 Å². The van der Waals surface area contributed by atoms with E-state index in [4.69, 9.17) is 4.42 Å². The molecule has 2 aromatic heterocycles. The summed E-state index contributed by atoms with van der Waals surface area (Å²) in [6.07, 6.45) is 2.07. The molecule has 0 amide bonds. The molecule has 1 saturated heterocycles. The summed E-state index contributed by atoms with van der Waals surface area (Å²) in [6.45, 7) is 7.83. The first kappa shape index (κ1) is 15.1. The first-order valence-electron chi connectivity index (χ1n) is 9.52. The second kappa shape index (κ2) is 4.83. The SMILES string of the molecule is Cc1ccc2c(oc3ncccc32)c1N1[C@@H](C)N2CC1(C)c1ccccc12. The number of rotatable bonds is 1. The predicted molar refractivity (Wildman–Crippen MR) is 109 cm³/mol. The quantitative estimate of drug-likeness (QED) is 0.470.